The molecule has 1 aliphatic heterocycles. The first-order valence-electron chi connectivity index (χ1n) is 5.20. The average Bonchev–Trinajstić information content (AvgIpc) is 2.68. The van der Waals surface area contributed by atoms with Gasteiger partial charge in [-0.1, -0.05) is 0 Å². The number of hydrogen-bond donors (Lipinski definition) is 1. The van der Waals surface area contributed by atoms with Gasteiger partial charge in [0.05, 0.1) is 12.3 Å². The first-order chi connectivity index (χ1) is 7.38. The fourth-order valence-corrected chi connectivity index (χ4v) is 1.77. The second-order valence-corrected chi connectivity index (χ2v) is 3.73. The van der Waals surface area contributed by atoms with Crippen LogP contribution in [-0.2, 0) is 13.1 Å². The van der Waals surface area contributed by atoms with Crippen molar-refractivity contribution >= 4 is 0 Å². The number of piperazine rings is 1. The van der Waals surface area contributed by atoms with Crippen molar-refractivity contribution < 1.29 is 0 Å². The molecule has 0 aromatic carbocycles. The third kappa shape index (κ3) is 2.78. The van der Waals surface area contributed by atoms with Crippen LogP contribution in [0.25, 0.3) is 0 Å². The smallest absolute Gasteiger partial charge is 0.128 e. The second-order valence-electron chi connectivity index (χ2n) is 3.73. The Morgan fingerprint density at radius 1 is 1.47 bits per heavy atom. The van der Waals surface area contributed by atoms with Crippen LogP contribution in [0.5, 0.6) is 0 Å². The third-order valence-electron chi connectivity index (χ3n) is 2.54. The Morgan fingerprint density at radius 2 is 2.27 bits per heavy atom. The van der Waals surface area contributed by atoms with E-state index in [0.29, 0.717) is 6.54 Å². The topological polar surface area (TPSA) is 56.9 Å². The number of nitrogens with one attached hydrogen (secondary N) is 1. The third-order valence-corrected chi connectivity index (χ3v) is 2.54. The van der Waals surface area contributed by atoms with E-state index in [4.69, 9.17) is 5.26 Å². The van der Waals surface area contributed by atoms with Gasteiger partial charge in [0, 0.05) is 44.5 Å². The summed E-state index contributed by atoms with van der Waals surface area (Å²) in [6.07, 6.45) is 3.80. The molecule has 0 radical (unpaired) electrons. The summed E-state index contributed by atoms with van der Waals surface area (Å²) in [6, 6.07) is 2.08. The van der Waals surface area contributed by atoms with Gasteiger partial charge in [0.25, 0.3) is 0 Å². The highest BCUT2D eigenvalue weighted by Crippen LogP contribution is 2.04. The van der Waals surface area contributed by atoms with Gasteiger partial charge in [-0.2, -0.15) is 10.4 Å². The van der Waals surface area contributed by atoms with Crippen molar-refractivity contribution in [1.82, 2.24) is 20.0 Å². The zero-order chi connectivity index (χ0) is 10.5. The molecule has 0 atom stereocenters. The summed E-state index contributed by atoms with van der Waals surface area (Å²) in [5.74, 6) is 0. The van der Waals surface area contributed by atoms with Crippen molar-refractivity contribution in [2.45, 2.75) is 13.1 Å². The summed E-state index contributed by atoms with van der Waals surface area (Å²) in [5, 5.41) is 16.0. The molecule has 1 aromatic rings. The van der Waals surface area contributed by atoms with Crippen LogP contribution >= 0.6 is 0 Å². The van der Waals surface area contributed by atoms with Crippen LogP contribution in [0.15, 0.2) is 12.4 Å². The summed E-state index contributed by atoms with van der Waals surface area (Å²) in [4.78, 5) is 2.39. The van der Waals surface area contributed by atoms with Gasteiger partial charge < -0.3 is 5.32 Å². The Morgan fingerprint density at radius 3 is 3.00 bits per heavy atom. The van der Waals surface area contributed by atoms with Crippen molar-refractivity contribution in [3.05, 3.63) is 18.0 Å². The molecule has 2 rings (SSSR count). The summed E-state index contributed by atoms with van der Waals surface area (Å²) in [5.41, 5.74) is 1.19. The lowest BCUT2D eigenvalue weighted by Gasteiger charge is -2.26. The summed E-state index contributed by atoms with van der Waals surface area (Å²) in [7, 11) is 0. The normalized spacial score (nSPS) is 17.5. The molecule has 0 spiro atoms. The SMILES string of the molecule is N#CCn1cc(CN2CCNCC2)cn1. The first-order valence-corrected chi connectivity index (χ1v) is 5.20. The predicted molar refractivity (Wildman–Crippen MR) is 56.0 cm³/mol. The van der Waals surface area contributed by atoms with Gasteiger partial charge in [0.15, 0.2) is 0 Å². The molecule has 2 heterocycles. The van der Waals surface area contributed by atoms with Gasteiger partial charge in [0.1, 0.15) is 6.54 Å². The molecule has 1 N–H and O–H groups in total. The number of aromatic nitrogens is 2. The van der Waals surface area contributed by atoms with E-state index in [0.717, 1.165) is 32.7 Å². The Labute approximate surface area is 89.3 Å². The van der Waals surface area contributed by atoms with Crippen LogP contribution in [0.3, 0.4) is 0 Å². The number of nitrogens with zero attached hydrogens (tertiary/aromatic N) is 4. The van der Waals surface area contributed by atoms with Gasteiger partial charge in [-0.3, -0.25) is 9.58 Å². The largest absolute Gasteiger partial charge is 0.314 e. The summed E-state index contributed by atoms with van der Waals surface area (Å²) in [6.45, 7) is 5.57. The zero-order valence-electron chi connectivity index (χ0n) is 8.69. The molecule has 1 fully saturated rings. The standard InChI is InChI=1S/C10H15N5/c11-1-4-15-9-10(7-13-15)8-14-5-2-12-3-6-14/h7,9,12H,2-6,8H2. The molecule has 1 aliphatic rings. The van der Waals surface area contributed by atoms with Crippen molar-refractivity contribution in [3.8, 4) is 6.07 Å². The van der Waals surface area contributed by atoms with E-state index in [1.165, 1.54) is 5.56 Å². The summed E-state index contributed by atoms with van der Waals surface area (Å²) < 4.78 is 1.68. The molecular formula is C10H15N5. The number of rotatable bonds is 3. The van der Waals surface area contributed by atoms with Crippen LogP contribution in [0, 0.1) is 11.3 Å². The molecule has 15 heavy (non-hydrogen) atoms. The highest BCUT2D eigenvalue weighted by molar-refractivity contribution is 5.04. The van der Waals surface area contributed by atoms with Crippen molar-refractivity contribution in [1.29, 1.82) is 5.26 Å². The molecule has 0 saturated carbocycles. The highest BCUT2D eigenvalue weighted by Gasteiger charge is 2.10. The zero-order valence-corrected chi connectivity index (χ0v) is 8.69. The number of hydrogen-bond acceptors (Lipinski definition) is 4. The minimum absolute atomic E-state index is 0.335. The molecule has 0 unspecified atom stereocenters. The Kier molecular flexibility index (Phi) is 3.33. The quantitative estimate of drug-likeness (QED) is 0.743. The molecular weight excluding hydrogens is 190 g/mol. The number of nitriles is 1. The van der Waals surface area contributed by atoms with Gasteiger partial charge in [-0.25, -0.2) is 0 Å². The van der Waals surface area contributed by atoms with Crippen LogP contribution in [0.4, 0.5) is 0 Å². The van der Waals surface area contributed by atoms with E-state index < -0.39 is 0 Å². The molecule has 0 bridgehead atoms. The Hall–Kier alpha value is -1.38. The van der Waals surface area contributed by atoms with Crippen molar-refractivity contribution in [2.75, 3.05) is 26.2 Å². The summed E-state index contributed by atoms with van der Waals surface area (Å²) >= 11 is 0. The average molecular weight is 205 g/mol. The molecule has 5 heteroatoms. The maximum atomic E-state index is 8.52. The van der Waals surface area contributed by atoms with Crippen LogP contribution in [-0.4, -0.2) is 40.9 Å². The second kappa shape index (κ2) is 4.91. The van der Waals surface area contributed by atoms with Crippen LogP contribution in [0.2, 0.25) is 0 Å². The van der Waals surface area contributed by atoms with Crippen LogP contribution < -0.4 is 5.32 Å². The minimum atomic E-state index is 0.335. The van der Waals surface area contributed by atoms with Gasteiger partial charge >= 0.3 is 0 Å². The van der Waals surface area contributed by atoms with Crippen molar-refractivity contribution in [3.63, 3.8) is 0 Å². The van der Waals surface area contributed by atoms with E-state index >= 15 is 0 Å². The Bertz CT molecular complexity index is 345. The molecule has 0 aliphatic carbocycles. The molecule has 5 nitrogen and oxygen atoms in total. The first kappa shape index (κ1) is 10.1. The highest BCUT2D eigenvalue weighted by atomic mass is 15.3. The lowest BCUT2D eigenvalue weighted by atomic mass is 10.3. The van der Waals surface area contributed by atoms with E-state index in [-0.39, 0.29) is 0 Å². The van der Waals surface area contributed by atoms with Gasteiger partial charge in [0.2, 0.25) is 0 Å². The fraction of sp³-hybridized carbons (Fsp3) is 0.600. The molecule has 1 saturated heterocycles. The fourth-order valence-electron chi connectivity index (χ4n) is 1.77. The molecule has 1 aromatic heterocycles. The molecule has 80 valence electrons. The van der Waals surface area contributed by atoms with E-state index in [2.05, 4.69) is 21.4 Å². The maximum Gasteiger partial charge on any atom is 0.128 e. The predicted octanol–water partition coefficient (Wildman–Crippen LogP) is -0.188. The van der Waals surface area contributed by atoms with E-state index in [9.17, 15) is 0 Å². The van der Waals surface area contributed by atoms with Gasteiger partial charge in [-0.05, 0) is 0 Å². The lowest BCUT2D eigenvalue weighted by molar-refractivity contribution is 0.233. The lowest BCUT2D eigenvalue weighted by Crippen LogP contribution is -2.42. The van der Waals surface area contributed by atoms with E-state index in [1.54, 1.807) is 4.68 Å². The maximum absolute atomic E-state index is 8.52. The Balaban J connectivity index is 1.89. The van der Waals surface area contributed by atoms with E-state index in [1.807, 2.05) is 12.4 Å². The van der Waals surface area contributed by atoms with Crippen LogP contribution in [0.1, 0.15) is 5.56 Å². The van der Waals surface area contributed by atoms with Gasteiger partial charge in [-0.15, -0.1) is 0 Å². The molecule has 0 amide bonds. The monoisotopic (exact) mass is 205 g/mol. The van der Waals surface area contributed by atoms with Crippen molar-refractivity contribution in [2.24, 2.45) is 0 Å². The minimum Gasteiger partial charge on any atom is -0.314 e.